The maximum Gasteiger partial charge on any atom is 0.258 e. The number of rotatable bonds is 6. The van der Waals surface area contributed by atoms with Crippen LogP contribution in [0.4, 0.5) is 0 Å². The van der Waals surface area contributed by atoms with Gasteiger partial charge in [-0.05, 0) is 34.4 Å². The van der Waals surface area contributed by atoms with E-state index in [1.54, 1.807) is 23.7 Å². The van der Waals surface area contributed by atoms with Crippen LogP contribution in [0.3, 0.4) is 0 Å². The maximum atomic E-state index is 12.2. The zero-order chi connectivity index (χ0) is 18.5. The third-order valence-corrected chi connectivity index (χ3v) is 4.80. The molecule has 0 spiro atoms. The van der Waals surface area contributed by atoms with Crippen molar-refractivity contribution in [1.82, 2.24) is 15.3 Å². The standard InChI is InChI=1S/C21H17N3O2S/c25-20(13-26-18-6-5-15-3-1-2-4-16(15)11-18)24-12-19-21(23-9-8-22-19)17-7-10-27-14-17/h1-11,14H,12-13H2,(H,24,25). The highest BCUT2D eigenvalue weighted by molar-refractivity contribution is 7.08. The van der Waals surface area contributed by atoms with E-state index in [0.29, 0.717) is 12.3 Å². The van der Waals surface area contributed by atoms with Crippen LogP contribution in [0.5, 0.6) is 5.75 Å². The molecule has 2 heterocycles. The summed E-state index contributed by atoms with van der Waals surface area (Å²) in [6, 6.07) is 15.8. The minimum atomic E-state index is -0.204. The largest absolute Gasteiger partial charge is 0.484 e. The van der Waals surface area contributed by atoms with Crippen molar-refractivity contribution >= 4 is 28.0 Å². The highest BCUT2D eigenvalue weighted by atomic mass is 32.1. The second-order valence-electron chi connectivity index (χ2n) is 5.94. The number of hydrogen-bond acceptors (Lipinski definition) is 5. The van der Waals surface area contributed by atoms with Gasteiger partial charge in [0.15, 0.2) is 6.61 Å². The molecule has 0 saturated carbocycles. The zero-order valence-corrected chi connectivity index (χ0v) is 15.3. The van der Waals surface area contributed by atoms with E-state index in [1.165, 1.54) is 0 Å². The van der Waals surface area contributed by atoms with E-state index < -0.39 is 0 Å². The fourth-order valence-corrected chi connectivity index (χ4v) is 3.42. The maximum absolute atomic E-state index is 12.2. The Bertz CT molecular complexity index is 1060. The van der Waals surface area contributed by atoms with Crippen LogP contribution < -0.4 is 10.1 Å². The molecule has 134 valence electrons. The second kappa shape index (κ2) is 7.97. The van der Waals surface area contributed by atoms with Gasteiger partial charge in [0, 0.05) is 23.3 Å². The third kappa shape index (κ3) is 4.12. The van der Waals surface area contributed by atoms with E-state index in [-0.39, 0.29) is 12.5 Å². The van der Waals surface area contributed by atoms with Crippen molar-refractivity contribution in [2.45, 2.75) is 6.54 Å². The molecule has 2 aromatic carbocycles. The molecule has 6 heteroatoms. The molecule has 0 atom stereocenters. The van der Waals surface area contributed by atoms with Crippen molar-refractivity contribution in [1.29, 1.82) is 0 Å². The van der Waals surface area contributed by atoms with Gasteiger partial charge >= 0.3 is 0 Å². The monoisotopic (exact) mass is 375 g/mol. The highest BCUT2D eigenvalue weighted by Gasteiger charge is 2.10. The van der Waals surface area contributed by atoms with Crippen molar-refractivity contribution in [2.24, 2.45) is 0 Å². The number of fused-ring (bicyclic) bond motifs is 1. The molecule has 4 rings (SSSR count). The van der Waals surface area contributed by atoms with Crippen LogP contribution in [0, 0.1) is 0 Å². The smallest absolute Gasteiger partial charge is 0.258 e. The number of carbonyl (C=O) groups excluding carboxylic acids is 1. The Morgan fingerprint density at radius 2 is 1.89 bits per heavy atom. The Morgan fingerprint density at radius 3 is 2.74 bits per heavy atom. The number of ether oxygens (including phenoxy) is 1. The van der Waals surface area contributed by atoms with E-state index >= 15 is 0 Å². The van der Waals surface area contributed by atoms with E-state index in [0.717, 1.165) is 27.7 Å². The Morgan fingerprint density at radius 1 is 1.04 bits per heavy atom. The van der Waals surface area contributed by atoms with Crippen LogP contribution in [0.15, 0.2) is 71.7 Å². The average molecular weight is 375 g/mol. The number of nitrogens with zero attached hydrogens (tertiary/aromatic N) is 2. The topological polar surface area (TPSA) is 64.1 Å². The molecule has 0 saturated heterocycles. The lowest BCUT2D eigenvalue weighted by molar-refractivity contribution is -0.123. The van der Waals surface area contributed by atoms with E-state index in [9.17, 15) is 4.79 Å². The molecule has 0 bridgehead atoms. The minimum Gasteiger partial charge on any atom is -0.484 e. The zero-order valence-electron chi connectivity index (χ0n) is 14.5. The molecule has 0 aliphatic rings. The van der Waals surface area contributed by atoms with Crippen molar-refractivity contribution in [3.8, 4) is 17.0 Å². The Kier molecular flexibility index (Phi) is 5.07. The summed E-state index contributed by atoms with van der Waals surface area (Å²) in [5.41, 5.74) is 2.52. The third-order valence-electron chi connectivity index (χ3n) is 4.11. The van der Waals surface area contributed by atoms with Crippen molar-refractivity contribution in [2.75, 3.05) is 6.61 Å². The summed E-state index contributed by atoms with van der Waals surface area (Å²) in [6.07, 6.45) is 3.28. The fourth-order valence-electron chi connectivity index (χ4n) is 2.78. The SMILES string of the molecule is O=C(COc1ccc2ccccc2c1)NCc1nccnc1-c1ccsc1. The minimum absolute atomic E-state index is 0.0492. The lowest BCUT2D eigenvalue weighted by atomic mass is 10.1. The molecule has 2 aromatic heterocycles. The first-order valence-corrected chi connectivity index (χ1v) is 9.44. The molecule has 27 heavy (non-hydrogen) atoms. The number of carbonyl (C=O) groups is 1. The summed E-state index contributed by atoms with van der Waals surface area (Å²) < 4.78 is 5.62. The van der Waals surface area contributed by atoms with Gasteiger partial charge < -0.3 is 10.1 Å². The normalized spacial score (nSPS) is 10.7. The number of amides is 1. The van der Waals surface area contributed by atoms with E-state index in [1.807, 2.05) is 59.3 Å². The number of aromatic nitrogens is 2. The van der Waals surface area contributed by atoms with Crippen LogP contribution in [-0.2, 0) is 11.3 Å². The molecule has 4 aromatic rings. The van der Waals surface area contributed by atoms with Gasteiger partial charge in [-0.3, -0.25) is 14.8 Å². The molecule has 0 unspecified atom stereocenters. The van der Waals surface area contributed by atoms with Crippen molar-refractivity contribution in [3.63, 3.8) is 0 Å². The molecule has 1 amide bonds. The van der Waals surface area contributed by atoms with E-state index in [4.69, 9.17) is 4.74 Å². The summed E-state index contributed by atoms with van der Waals surface area (Å²) >= 11 is 1.60. The van der Waals surface area contributed by atoms with Gasteiger partial charge in [0.05, 0.1) is 17.9 Å². The summed E-state index contributed by atoms with van der Waals surface area (Å²) in [5.74, 6) is 0.465. The summed E-state index contributed by atoms with van der Waals surface area (Å²) in [6.45, 7) is 0.255. The molecule has 0 radical (unpaired) electrons. The Labute approximate surface area is 160 Å². The first-order chi connectivity index (χ1) is 13.3. The number of nitrogens with one attached hydrogen (secondary N) is 1. The lowest BCUT2D eigenvalue weighted by Gasteiger charge is -2.10. The summed E-state index contributed by atoms with van der Waals surface area (Å²) in [7, 11) is 0. The summed E-state index contributed by atoms with van der Waals surface area (Å²) in [5, 5.41) is 9.06. The van der Waals surface area contributed by atoms with Crippen LogP contribution in [0.1, 0.15) is 5.69 Å². The molecular weight excluding hydrogens is 358 g/mol. The van der Waals surface area contributed by atoms with Gasteiger partial charge in [-0.1, -0.05) is 30.3 Å². The highest BCUT2D eigenvalue weighted by Crippen LogP contribution is 2.22. The fraction of sp³-hybridized carbons (Fsp3) is 0.0952. The predicted molar refractivity (Wildman–Crippen MR) is 107 cm³/mol. The molecular formula is C21H17N3O2S. The first kappa shape index (κ1) is 17.2. The lowest BCUT2D eigenvalue weighted by Crippen LogP contribution is -2.29. The molecule has 0 aliphatic carbocycles. The van der Waals surface area contributed by atoms with Gasteiger partial charge in [-0.15, -0.1) is 0 Å². The quantitative estimate of drug-likeness (QED) is 0.552. The summed E-state index contributed by atoms with van der Waals surface area (Å²) in [4.78, 5) is 20.9. The molecule has 1 N–H and O–H groups in total. The van der Waals surface area contributed by atoms with Crippen LogP contribution in [-0.4, -0.2) is 22.5 Å². The molecule has 0 aliphatic heterocycles. The first-order valence-electron chi connectivity index (χ1n) is 8.50. The van der Waals surface area contributed by atoms with Crippen molar-refractivity contribution in [3.05, 3.63) is 77.4 Å². The van der Waals surface area contributed by atoms with Gasteiger partial charge in [0.2, 0.25) is 0 Å². The number of thiophene rings is 1. The van der Waals surface area contributed by atoms with Gasteiger partial charge in [-0.2, -0.15) is 11.3 Å². The van der Waals surface area contributed by atoms with Crippen LogP contribution in [0.25, 0.3) is 22.0 Å². The Balaban J connectivity index is 1.36. The van der Waals surface area contributed by atoms with E-state index in [2.05, 4.69) is 15.3 Å². The van der Waals surface area contributed by atoms with Crippen LogP contribution >= 0.6 is 11.3 Å². The van der Waals surface area contributed by atoms with Gasteiger partial charge in [-0.25, -0.2) is 0 Å². The predicted octanol–water partition coefficient (Wildman–Crippen LogP) is 4.05. The molecule has 0 fully saturated rings. The second-order valence-corrected chi connectivity index (χ2v) is 6.72. The average Bonchev–Trinajstić information content (AvgIpc) is 3.25. The molecule has 5 nitrogen and oxygen atoms in total. The van der Waals surface area contributed by atoms with Crippen LogP contribution in [0.2, 0.25) is 0 Å². The van der Waals surface area contributed by atoms with Gasteiger partial charge in [0.25, 0.3) is 5.91 Å². The Hall–Kier alpha value is -3.25. The van der Waals surface area contributed by atoms with Crippen molar-refractivity contribution < 1.29 is 9.53 Å². The van der Waals surface area contributed by atoms with Gasteiger partial charge in [0.1, 0.15) is 5.75 Å². The number of hydrogen-bond donors (Lipinski definition) is 1. The number of benzene rings is 2.